The Morgan fingerprint density at radius 1 is 1.36 bits per heavy atom. The Morgan fingerprint density at radius 2 is 2.00 bits per heavy atom. The number of carbonyl (C=O) groups is 1. The first-order valence-electron chi connectivity index (χ1n) is 4.07. The molecule has 0 aliphatic carbocycles. The predicted octanol–water partition coefficient (Wildman–Crippen LogP) is 1.72. The minimum atomic E-state index is -0.781. The average molecular weight is 194 g/mol. The van der Waals surface area contributed by atoms with Crippen molar-refractivity contribution in [3.63, 3.8) is 0 Å². The molecule has 5 heteroatoms. The summed E-state index contributed by atoms with van der Waals surface area (Å²) in [5.74, 6) is 0. The highest BCUT2D eigenvalue weighted by Crippen LogP contribution is 2.12. The van der Waals surface area contributed by atoms with E-state index in [-0.39, 0.29) is 6.61 Å². The summed E-state index contributed by atoms with van der Waals surface area (Å²) in [6.45, 7) is 0.239. The summed E-state index contributed by atoms with van der Waals surface area (Å²) >= 11 is 0. The molecule has 0 saturated carbocycles. The number of ether oxygens (including phenoxy) is 1. The van der Waals surface area contributed by atoms with Crippen LogP contribution in [-0.2, 0) is 11.2 Å². The molecule has 0 aromatic heterocycles. The predicted molar refractivity (Wildman–Crippen MR) is 51.1 cm³/mol. The van der Waals surface area contributed by atoms with E-state index in [1.807, 2.05) is 0 Å². The molecule has 0 fully saturated rings. The molecule has 5 nitrogen and oxygen atoms in total. The number of nitrogens with zero attached hydrogens (tertiary/aromatic N) is 1. The molecule has 0 bridgehead atoms. The van der Waals surface area contributed by atoms with Crippen LogP contribution in [0.2, 0.25) is 0 Å². The zero-order valence-corrected chi connectivity index (χ0v) is 7.47. The van der Waals surface area contributed by atoms with Gasteiger partial charge in [-0.15, -0.1) is 4.91 Å². The molecule has 0 saturated heterocycles. The van der Waals surface area contributed by atoms with E-state index in [2.05, 4.69) is 9.91 Å². The Morgan fingerprint density at radius 3 is 2.50 bits per heavy atom. The summed E-state index contributed by atoms with van der Waals surface area (Å²) < 4.78 is 4.56. The Bertz CT molecular complexity index is 321. The van der Waals surface area contributed by atoms with Crippen molar-refractivity contribution in [1.82, 2.24) is 0 Å². The zero-order valence-electron chi connectivity index (χ0n) is 7.47. The fourth-order valence-corrected chi connectivity index (χ4v) is 0.993. The van der Waals surface area contributed by atoms with Gasteiger partial charge in [-0.1, -0.05) is 12.1 Å². The average Bonchev–Trinajstić information content (AvgIpc) is 2.18. The monoisotopic (exact) mass is 194 g/mol. The summed E-state index contributed by atoms with van der Waals surface area (Å²) in [5, 5.41) is 2.76. The van der Waals surface area contributed by atoms with E-state index >= 15 is 0 Å². The standard InChI is InChI=1S/C9H10N2O3/c10-9(12)14-6-5-7-1-3-8(11-13)4-2-7/h1-4H,5-6H2,(H2,10,12). The van der Waals surface area contributed by atoms with Crippen LogP contribution >= 0.6 is 0 Å². The minimum Gasteiger partial charge on any atom is -0.449 e. The molecule has 1 amide bonds. The summed E-state index contributed by atoms with van der Waals surface area (Å²) in [5.41, 5.74) is 6.12. The lowest BCUT2D eigenvalue weighted by atomic mass is 10.1. The number of primary amides is 1. The third-order valence-electron chi connectivity index (χ3n) is 1.68. The SMILES string of the molecule is NC(=O)OCCc1ccc(N=O)cc1. The molecule has 0 aliphatic heterocycles. The van der Waals surface area contributed by atoms with Crippen LogP contribution in [0.15, 0.2) is 29.4 Å². The second-order valence-corrected chi connectivity index (χ2v) is 2.68. The Balaban J connectivity index is 2.43. The van der Waals surface area contributed by atoms with Gasteiger partial charge in [0, 0.05) is 6.42 Å². The van der Waals surface area contributed by atoms with Gasteiger partial charge in [-0.2, -0.15) is 0 Å². The lowest BCUT2D eigenvalue weighted by Crippen LogP contribution is -2.14. The number of nitrogens with two attached hydrogens (primary N) is 1. The fraction of sp³-hybridized carbons (Fsp3) is 0.222. The second-order valence-electron chi connectivity index (χ2n) is 2.68. The van der Waals surface area contributed by atoms with Crippen molar-refractivity contribution in [3.05, 3.63) is 34.7 Å². The molecule has 0 spiro atoms. The van der Waals surface area contributed by atoms with Crippen LogP contribution in [0.1, 0.15) is 5.56 Å². The molecule has 0 radical (unpaired) electrons. The number of hydrogen-bond acceptors (Lipinski definition) is 4. The van der Waals surface area contributed by atoms with Crippen LogP contribution in [0, 0.1) is 4.91 Å². The third kappa shape index (κ3) is 3.22. The second kappa shape index (κ2) is 4.96. The van der Waals surface area contributed by atoms with E-state index < -0.39 is 6.09 Å². The lowest BCUT2D eigenvalue weighted by Gasteiger charge is -2.01. The first-order valence-corrected chi connectivity index (χ1v) is 4.07. The summed E-state index contributed by atoms with van der Waals surface area (Å²) in [7, 11) is 0. The van der Waals surface area contributed by atoms with Crippen molar-refractivity contribution in [3.8, 4) is 0 Å². The van der Waals surface area contributed by atoms with Crippen LogP contribution in [0.3, 0.4) is 0 Å². The van der Waals surface area contributed by atoms with E-state index in [1.165, 1.54) is 0 Å². The zero-order chi connectivity index (χ0) is 10.4. The molecule has 1 aromatic rings. The molecule has 1 rings (SSSR count). The van der Waals surface area contributed by atoms with Gasteiger partial charge in [-0.05, 0) is 22.9 Å². The Labute approximate surface area is 80.8 Å². The number of rotatable bonds is 4. The van der Waals surface area contributed by atoms with Gasteiger partial charge in [0.1, 0.15) is 5.69 Å². The van der Waals surface area contributed by atoms with Crippen LogP contribution in [-0.4, -0.2) is 12.7 Å². The summed E-state index contributed by atoms with van der Waals surface area (Å²) in [4.78, 5) is 20.3. The first-order chi connectivity index (χ1) is 6.72. The van der Waals surface area contributed by atoms with E-state index in [9.17, 15) is 9.70 Å². The molecular weight excluding hydrogens is 184 g/mol. The first kappa shape index (κ1) is 10.2. The molecule has 74 valence electrons. The largest absolute Gasteiger partial charge is 0.449 e. The summed E-state index contributed by atoms with van der Waals surface area (Å²) in [6, 6.07) is 6.71. The third-order valence-corrected chi connectivity index (χ3v) is 1.68. The molecule has 0 atom stereocenters. The van der Waals surface area contributed by atoms with Crippen LogP contribution in [0.25, 0.3) is 0 Å². The van der Waals surface area contributed by atoms with Crippen LogP contribution in [0.5, 0.6) is 0 Å². The number of hydrogen-bond donors (Lipinski definition) is 1. The van der Waals surface area contributed by atoms with Crippen molar-refractivity contribution in [2.45, 2.75) is 6.42 Å². The number of nitroso groups, excluding NO2 is 1. The fourth-order valence-electron chi connectivity index (χ4n) is 0.993. The molecule has 0 heterocycles. The van der Waals surface area contributed by atoms with Crippen LogP contribution < -0.4 is 5.73 Å². The van der Waals surface area contributed by atoms with E-state index in [0.29, 0.717) is 12.1 Å². The van der Waals surface area contributed by atoms with Gasteiger partial charge >= 0.3 is 6.09 Å². The Hall–Kier alpha value is -1.91. The molecule has 1 aromatic carbocycles. The van der Waals surface area contributed by atoms with E-state index in [1.54, 1.807) is 24.3 Å². The van der Waals surface area contributed by atoms with Gasteiger partial charge in [0.15, 0.2) is 0 Å². The van der Waals surface area contributed by atoms with Gasteiger partial charge < -0.3 is 10.5 Å². The topological polar surface area (TPSA) is 81.8 Å². The van der Waals surface area contributed by atoms with Crippen molar-refractivity contribution < 1.29 is 9.53 Å². The molecule has 0 aliphatic rings. The van der Waals surface area contributed by atoms with Crippen molar-refractivity contribution in [1.29, 1.82) is 0 Å². The normalized spacial score (nSPS) is 9.43. The summed E-state index contributed by atoms with van der Waals surface area (Å²) in [6.07, 6.45) is -0.210. The molecular formula is C9H10N2O3. The smallest absolute Gasteiger partial charge is 0.404 e. The molecule has 14 heavy (non-hydrogen) atoms. The maximum Gasteiger partial charge on any atom is 0.404 e. The number of carbonyl (C=O) groups excluding carboxylic acids is 1. The van der Waals surface area contributed by atoms with Gasteiger partial charge in [0.2, 0.25) is 0 Å². The van der Waals surface area contributed by atoms with E-state index in [0.717, 1.165) is 5.56 Å². The van der Waals surface area contributed by atoms with Gasteiger partial charge in [0.05, 0.1) is 6.61 Å². The minimum absolute atomic E-state index is 0.239. The molecule has 0 unspecified atom stereocenters. The van der Waals surface area contributed by atoms with Crippen molar-refractivity contribution >= 4 is 11.8 Å². The lowest BCUT2D eigenvalue weighted by molar-refractivity contribution is 0.158. The highest BCUT2D eigenvalue weighted by atomic mass is 16.5. The Kier molecular flexibility index (Phi) is 3.60. The van der Waals surface area contributed by atoms with Crippen LogP contribution in [0.4, 0.5) is 10.5 Å². The number of benzene rings is 1. The van der Waals surface area contributed by atoms with Gasteiger partial charge in [-0.3, -0.25) is 0 Å². The highest BCUT2D eigenvalue weighted by molar-refractivity contribution is 5.64. The highest BCUT2D eigenvalue weighted by Gasteiger charge is 1.96. The number of amides is 1. The van der Waals surface area contributed by atoms with Gasteiger partial charge in [-0.25, -0.2) is 4.79 Å². The quantitative estimate of drug-likeness (QED) is 0.741. The maximum atomic E-state index is 10.2. The molecule has 2 N–H and O–H groups in total. The van der Waals surface area contributed by atoms with Crippen molar-refractivity contribution in [2.75, 3.05) is 6.61 Å². The van der Waals surface area contributed by atoms with Gasteiger partial charge in [0.25, 0.3) is 0 Å². The van der Waals surface area contributed by atoms with Crippen molar-refractivity contribution in [2.24, 2.45) is 10.9 Å². The maximum absolute atomic E-state index is 10.2. The van der Waals surface area contributed by atoms with E-state index in [4.69, 9.17) is 5.73 Å².